The summed E-state index contributed by atoms with van der Waals surface area (Å²) in [6, 6.07) is 0. The average molecular weight is 155 g/mol. The third kappa shape index (κ3) is 1.66. The predicted molar refractivity (Wildman–Crippen MR) is 44.6 cm³/mol. The highest BCUT2D eigenvalue weighted by molar-refractivity contribution is 5.86. The van der Waals surface area contributed by atoms with E-state index in [1.807, 2.05) is 14.0 Å². The first-order valence-corrected chi connectivity index (χ1v) is 4.05. The molecule has 1 rings (SSSR count). The van der Waals surface area contributed by atoms with E-state index in [0.717, 1.165) is 19.6 Å². The minimum atomic E-state index is 0.286. The van der Waals surface area contributed by atoms with Crippen LogP contribution in [-0.2, 0) is 4.79 Å². The Bertz CT molecular complexity index is 189. The molecule has 0 aliphatic carbocycles. The summed E-state index contributed by atoms with van der Waals surface area (Å²) in [6.07, 6.45) is 2.24. The van der Waals surface area contributed by atoms with Crippen molar-refractivity contribution in [1.82, 2.24) is 0 Å². The van der Waals surface area contributed by atoms with Gasteiger partial charge in [0.15, 0.2) is 0 Å². The Morgan fingerprint density at radius 3 is 3.09 bits per heavy atom. The summed E-state index contributed by atoms with van der Waals surface area (Å²) in [5.41, 5.74) is 0. The van der Waals surface area contributed by atoms with Gasteiger partial charge in [0, 0.05) is 6.21 Å². The molecule has 62 valence electrons. The van der Waals surface area contributed by atoms with Gasteiger partial charge in [-0.25, -0.2) is 4.79 Å². The smallest absolute Gasteiger partial charge is 0.291 e. The zero-order valence-electron chi connectivity index (χ0n) is 7.21. The number of nitrogens with zero attached hydrogens (tertiary/aromatic N) is 2. The van der Waals surface area contributed by atoms with Crippen LogP contribution in [0.1, 0.15) is 13.3 Å². The van der Waals surface area contributed by atoms with Gasteiger partial charge in [-0.2, -0.15) is 0 Å². The number of hydrogen-bond acceptors (Lipinski definition) is 2. The van der Waals surface area contributed by atoms with Gasteiger partial charge in [-0.3, -0.25) is 9.48 Å². The van der Waals surface area contributed by atoms with Crippen LogP contribution in [0.3, 0.4) is 0 Å². The first kappa shape index (κ1) is 8.40. The molecule has 0 aromatic carbocycles. The number of likely N-dealkylation sites (N-methyl/N-ethyl adjacent to an activating group) is 1. The van der Waals surface area contributed by atoms with E-state index in [4.69, 9.17) is 0 Å². The van der Waals surface area contributed by atoms with Gasteiger partial charge >= 0.3 is 5.91 Å². The van der Waals surface area contributed by atoms with Gasteiger partial charge in [0.25, 0.3) is 0 Å². The minimum Gasteiger partial charge on any atom is -0.291 e. The molecule has 1 amide bonds. The zero-order valence-corrected chi connectivity index (χ0v) is 7.21. The van der Waals surface area contributed by atoms with Gasteiger partial charge in [0.1, 0.15) is 6.54 Å². The van der Waals surface area contributed by atoms with E-state index in [2.05, 4.69) is 4.99 Å². The summed E-state index contributed by atoms with van der Waals surface area (Å²) in [5.74, 6) is 0.286. The van der Waals surface area contributed by atoms with Crippen LogP contribution in [0, 0.1) is 0 Å². The molecule has 0 spiro atoms. The summed E-state index contributed by atoms with van der Waals surface area (Å²) in [4.78, 5) is 15.6. The molecule has 0 N–H and O–H groups in total. The van der Waals surface area contributed by atoms with Crippen LogP contribution in [0.4, 0.5) is 0 Å². The quantitative estimate of drug-likeness (QED) is 0.506. The number of hydrogen-bond donors (Lipinski definition) is 0. The summed E-state index contributed by atoms with van der Waals surface area (Å²) < 4.78 is 0.542. The van der Waals surface area contributed by atoms with E-state index in [1.165, 1.54) is 0 Å². The molecule has 0 saturated heterocycles. The monoisotopic (exact) mass is 155 g/mol. The van der Waals surface area contributed by atoms with E-state index in [-0.39, 0.29) is 5.91 Å². The second-order valence-corrected chi connectivity index (χ2v) is 3.12. The van der Waals surface area contributed by atoms with Crippen molar-refractivity contribution in [2.45, 2.75) is 13.3 Å². The van der Waals surface area contributed by atoms with E-state index >= 15 is 0 Å². The summed E-state index contributed by atoms with van der Waals surface area (Å²) in [6.45, 7) is 4.56. The molecule has 0 fully saturated rings. The summed E-state index contributed by atoms with van der Waals surface area (Å²) in [7, 11) is 1.98. The lowest BCUT2D eigenvalue weighted by Gasteiger charge is -2.28. The third-order valence-electron chi connectivity index (χ3n) is 2.42. The summed E-state index contributed by atoms with van der Waals surface area (Å²) in [5, 5.41) is 0. The predicted octanol–water partition coefficient (Wildman–Crippen LogP) is 0.454. The van der Waals surface area contributed by atoms with Gasteiger partial charge in [-0.1, -0.05) is 0 Å². The maximum absolute atomic E-state index is 11.4. The molecule has 1 aliphatic heterocycles. The second kappa shape index (κ2) is 3.13. The van der Waals surface area contributed by atoms with Gasteiger partial charge in [0.2, 0.25) is 0 Å². The largest absolute Gasteiger partial charge is 0.318 e. The molecule has 0 aromatic rings. The highest BCUT2D eigenvalue weighted by Crippen LogP contribution is 2.07. The Hall–Kier alpha value is -0.700. The van der Waals surface area contributed by atoms with Gasteiger partial charge in [-0.15, -0.1) is 0 Å². The fraction of sp³-hybridized carbons (Fsp3) is 0.750. The Morgan fingerprint density at radius 1 is 1.73 bits per heavy atom. The third-order valence-corrected chi connectivity index (χ3v) is 2.42. The van der Waals surface area contributed by atoms with Crippen molar-refractivity contribution in [3.05, 3.63) is 0 Å². The first-order chi connectivity index (χ1) is 5.19. The molecular formula is C8H15N2O+. The molecule has 0 radical (unpaired) electrons. The molecule has 1 aliphatic rings. The van der Waals surface area contributed by atoms with Crippen LogP contribution in [0.5, 0.6) is 0 Å². The number of amides is 1. The van der Waals surface area contributed by atoms with E-state index < -0.39 is 0 Å². The molecule has 0 bridgehead atoms. The molecule has 3 heteroatoms. The lowest BCUT2D eigenvalue weighted by molar-refractivity contribution is -0.830. The number of carbonyl (C=O) groups is 1. The molecule has 0 aromatic heterocycles. The molecule has 1 atom stereocenters. The Balaban J connectivity index is 2.72. The fourth-order valence-electron chi connectivity index (χ4n) is 1.19. The summed E-state index contributed by atoms with van der Waals surface area (Å²) >= 11 is 0. The molecular weight excluding hydrogens is 140 g/mol. The number of aliphatic imine (C=N–C) groups is 1. The average Bonchev–Trinajstić information content (AvgIpc) is 2.16. The molecule has 1 unspecified atom stereocenters. The van der Waals surface area contributed by atoms with Crippen molar-refractivity contribution < 1.29 is 9.28 Å². The SMILES string of the molecule is CC[N+]1(C)CCN=CCC1=O. The van der Waals surface area contributed by atoms with E-state index in [1.54, 1.807) is 6.21 Å². The topological polar surface area (TPSA) is 29.4 Å². The van der Waals surface area contributed by atoms with Crippen molar-refractivity contribution in [3.8, 4) is 0 Å². The first-order valence-electron chi connectivity index (χ1n) is 4.05. The van der Waals surface area contributed by atoms with Crippen LogP contribution < -0.4 is 0 Å². The van der Waals surface area contributed by atoms with Crippen molar-refractivity contribution >= 4 is 12.1 Å². The molecule has 1 heterocycles. The van der Waals surface area contributed by atoms with Crippen LogP contribution >= 0.6 is 0 Å². The van der Waals surface area contributed by atoms with Gasteiger partial charge in [0.05, 0.1) is 26.6 Å². The van der Waals surface area contributed by atoms with Crippen LogP contribution in [0.25, 0.3) is 0 Å². The van der Waals surface area contributed by atoms with E-state index in [0.29, 0.717) is 10.9 Å². The lowest BCUT2D eigenvalue weighted by atomic mass is 10.3. The highest BCUT2D eigenvalue weighted by atomic mass is 16.2. The number of quaternary nitrogens is 1. The van der Waals surface area contributed by atoms with Crippen LogP contribution in [0.2, 0.25) is 0 Å². The van der Waals surface area contributed by atoms with Gasteiger partial charge in [-0.05, 0) is 6.92 Å². The van der Waals surface area contributed by atoms with Crippen molar-refractivity contribution in [2.24, 2.45) is 4.99 Å². The Morgan fingerprint density at radius 2 is 2.45 bits per heavy atom. The maximum Gasteiger partial charge on any atom is 0.318 e. The van der Waals surface area contributed by atoms with Crippen molar-refractivity contribution in [3.63, 3.8) is 0 Å². The second-order valence-electron chi connectivity index (χ2n) is 3.12. The Labute approximate surface area is 67.3 Å². The maximum atomic E-state index is 11.4. The zero-order chi connectivity index (χ0) is 8.32. The van der Waals surface area contributed by atoms with Crippen LogP contribution in [0.15, 0.2) is 4.99 Å². The number of rotatable bonds is 1. The molecule has 0 saturated carbocycles. The molecule has 3 nitrogen and oxygen atoms in total. The highest BCUT2D eigenvalue weighted by Gasteiger charge is 2.29. The van der Waals surface area contributed by atoms with Gasteiger partial charge < -0.3 is 0 Å². The van der Waals surface area contributed by atoms with E-state index in [9.17, 15) is 4.79 Å². The van der Waals surface area contributed by atoms with Crippen molar-refractivity contribution in [2.75, 3.05) is 26.7 Å². The number of carbonyl (C=O) groups excluding carboxylic acids is 1. The fourth-order valence-corrected chi connectivity index (χ4v) is 1.19. The molecule has 11 heavy (non-hydrogen) atoms. The lowest BCUT2D eigenvalue weighted by Crippen LogP contribution is -2.49. The Kier molecular flexibility index (Phi) is 2.39. The van der Waals surface area contributed by atoms with Crippen molar-refractivity contribution in [1.29, 1.82) is 0 Å². The standard InChI is InChI=1S/C8H15N2O/c1-3-10(2)7-6-9-5-4-8(10)11/h5H,3-4,6-7H2,1-2H3/q+1. The van der Waals surface area contributed by atoms with Crippen LogP contribution in [-0.4, -0.2) is 43.3 Å². The normalized spacial score (nSPS) is 32.0. The minimum absolute atomic E-state index is 0.286.